The van der Waals surface area contributed by atoms with E-state index < -0.39 is 0 Å². The summed E-state index contributed by atoms with van der Waals surface area (Å²) in [7, 11) is 0. The third-order valence-electron chi connectivity index (χ3n) is 4.02. The van der Waals surface area contributed by atoms with Gasteiger partial charge in [-0.25, -0.2) is 4.98 Å². The van der Waals surface area contributed by atoms with Gasteiger partial charge in [0.05, 0.1) is 13.2 Å². The quantitative estimate of drug-likeness (QED) is 0.653. The second kappa shape index (κ2) is 8.30. The lowest BCUT2D eigenvalue weighted by Gasteiger charge is -2.22. The summed E-state index contributed by atoms with van der Waals surface area (Å²) in [5.41, 5.74) is 2.82. The fourth-order valence-corrected chi connectivity index (χ4v) is 2.69. The molecule has 0 saturated heterocycles. The van der Waals surface area contributed by atoms with Crippen LogP contribution < -0.4 is 9.64 Å². The van der Waals surface area contributed by atoms with E-state index in [0.29, 0.717) is 30.3 Å². The van der Waals surface area contributed by atoms with E-state index in [2.05, 4.69) is 4.98 Å². The van der Waals surface area contributed by atoms with Crippen molar-refractivity contribution in [1.29, 1.82) is 0 Å². The van der Waals surface area contributed by atoms with Crippen LogP contribution in [0.25, 0.3) is 0 Å². The number of rotatable bonds is 6. The van der Waals surface area contributed by atoms with Crippen molar-refractivity contribution < 1.29 is 9.53 Å². The van der Waals surface area contributed by atoms with Crippen molar-refractivity contribution in [3.8, 4) is 5.75 Å². The number of benzene rings is 2. The van der Waals surface area contributed by atoms with E-state index in [-0.39, 0.29) is 5.91 Å². The van der Waals surface area contributed by atoms with Crippen molar-refractivity contribution in [2.24, 2.45) is 0 Å². The van der Waals surface area contributed by atoms with Gasteiger partial charge in [0.15, 0.2) is 0 Å². The highest BCUT2D eigenvalue weighted by atomic mass is 16.5. The van der Waals surface area contributed by atoms with Gasteiger partial charge in [0, 0.05) is 11.8 Å². The minimum Gasteiger partial charge on any atom is -0.494 e. The van der Waals surface area contributed by atoms with Gasteiger partial charge in [0.1, 0.15) is 11.6 Å². The molecule has 0 spiro atoms. The number of carbonyl (C=O) groups excluding carboxylic acids is 1. The number of ether oxygens (including phenoxy) is 1. The lowest BCUT2D eigenvalue weighted by atomic mass is 10.1. The average Bonchev–Trinajstić information content (AvgIpc) is 2.68. The van der Waals surface area contributed by atoms with Crippen LogP contribution in [0.5, 0.6) is 5.75 Å². The van der Waals surface area contributed by atoms with E-state index in [4.69, 9.17) is 4.74 Å². The van der Waals surface area contributed by atoms with Crippen LogP contribution in [0.4, 0.5) is 5.82 Å². The fourth-order valence-electron chi connectivity index (χ4n) is 2.69. The Balaban J connectivity index is 1.93. The van der Waals surface area contributed by atoms with Gasteiger partial charge >= 0.3 is 0 Å². The predicted octanol–water partition coefficient (Wildman–Crippen LogP) is 4.64. The Morgan fingerprint density at radius 1 is 1.04 bits per heavy atom. The van der Waals surface area contributed by atoms with Crippen LogP contribution in [-0.4, -0.2) is 17.5 Å². The first-order valence-corrected chi connectivity index (χ1v) is 8.68. The SMILES string of the molecule is CCOc1cccc(C(=O)N(Cc2ccc(C)cc2)c2ccccn2)c1. The molecule has 0 aliphatic heterocycles. The minimum atomic E-state index is -0.106. The maximum atomic E-state index is 13.2. The minimum absolute atomic E-state index is 0.106. The summed E-state index contributed by atoms with van der Waals surface area (Å²) in [5, 5.41) is 0. The summed E-state index contributed by atoms with van der Waals surface area (Å²) in [6, 6.07) is 21.0. The van der Waals surface area contributed by atoms with E-state index >= 15 is 0 Å². The number of pyridine rings is 1. The molecule has 1 amide bonds. The molecule has 4 nitrogen and oxygen atoms in total. The lowest BCUT2D eigenvalue weighted by molar-refractivity contribution is 0.0984. The summed E-state index contributed by atoms with van der Waals surface area (Å²) >= 11 is 0. The highest BCUT2D eigenvalue weighted by Crippen LogP contribution is 2.20. The van der Waals surface area contributed by atoms with Crippen LogP contribution >= 0.6 is 0 Å². The molecular weight excluding hydrogens is 324 g/mol. The Morgan fingerprint density at radius 2 is 1.85 bits per heavy atom. The highest BCUT2D eigenvalue weighted by Gasteiger charge is 2.19. The van der Waals surface area contributed by atoms with Crippen molar-refractivity contribution in [3.63, 3.8) is 0 Å². The first kappa shape index (κ1) is 17.7. The van der Waals surface area contributed by atoms with Crippen LogP contribution in [0.15, 0.2) is 72.9 Å². The second-order valence-corrected chi connectivity index (χ2v) is 6.03. The second-order valence-electron chi connectivity index (χ2n) is 6.03. The molecule has 4 heteroatoms. The summed E-state index contributed by atoms with van der Waals surface area (Å²) in [6.45, 7) is 4.98. The number of hydrogen-bond donors (Lipinski definition) is 0. The molecule has 0 unspecified atom stereocenters. The molecule has 0 atom stereocenters. The molecule has 3 aromatic rings. The van der Waals surface area contributed by atoms with Gasteiger partial charge in [0.25, 0.3) is 5.91 Å². The Bertz CT molecular complexity index is 861. The lowest BCUT2D eigenvalue weighted by Crippen LogP contribution is -2.31. The molecule has 3 rings (SSSR count). The Hall–Kier alpha value is -3.14. The normalized spacial score (nSPS) is 10.4. The number of amides is 1. The molecule has 0 radical (unpaired) electrons. The van der Waals surface area contributed by atoms with Crippen LogP contribution in [0, 0.1) is 6.92 Å². The number of nitrogens with zero attached hydrogens (tertiary/aromatic N) is 2. The number of carbonyl (C=O) groups is 1. The van der Waals surface area contributed by atoms with Gasteiger partial charge in [-0.05, 0) is 49.7 Å². The van der Waals surface area contributed by atoms with Crippen LogP contribution in [0.2, 0.25) is 0 Å². The third-order valence-corrected chi connectivity index (χ3v) is 4.02. The number of anilines is 1. The number of aryl methyl sites for hydroxylation is 1. The molecular formula is C22H22N2O2. The van der Waals surface area contributed by atoms with Gasteiger partial charge in [0.2, 0.25) is 0 Å². The Morgan fingerprint density at radius 3 is 2.54 bits per heavy atom. The maximum absolute atomic E-state index is 13.2. The first-order valence-electron chi connectivity index (χ1n) is 8.68. The highest BCUT2D eigenvalue weighted by molar-refractivity contribution is 6.05. The van der Waals surface area contributed by atoms with Crippen molar-refractivity contribution >= 4 is 11.7 Å². The average molecular weight is 346 g/mol. The monoisotopic (exact) mass is 346 g/mol. The largest absolute Gasteiger partial charge is 0.494 e. The van der Waals surface area contributed by atoms with Gasteiger partial charge in [-0.2, -0.15) is 0 Å². The fraction of sp³-hybridized carbons (Fsp3) is 0.182. The maximum Gasteiger partial charge on any atom is 0.259 e. The van der Waals surface area contributed by atoms with Crippen LogP contribution in [0.1, 0.15) is 28.4 Å². The van der Waals surface area contributed by atoms with Crippen LogP contribution in [-0.2, 0) is 6.54 Å². The van der Waals surface area contributed by atoms with Gasteiger partial charge < -0.3 is 4.74 Å². The molecule has 2 aromatic carbocycles. The number of aromatic nitrogens is 1. The van der Waals surface area contributed by atoms with Crippen molar-refractivity contribution in [3.05, 3.63) is 89.6 Å². The predicted molar refractivity (Wildman–Crippen MR) is 104 cm³/mol. The topological polar surface area (TPSA) is 42.4 Å². The Kier molecular flexibility index (Phi) is 5.64. The molecule has 0 fully saturated rings. The van der Waals surface area contributed by atoms with Crippen molar-refractivity contribution in [2.45, 2.75) is 20.4 Å². The summed E-state index contributed by atoms with van der Waals surface area (Å²) in [4.78, 5) is 19.3. The molecule has 1 heterocycles. The molecule has 0 aliphatic carbocycles. The third kappa shape index (κ3) is 4.28. The van der Waals surface area contributed by atoms with Crippen molar-refractivity contribution in [1.82, 2.24) is 4.98 Å². The smallest absolute Gasteiger partial charge is 0.259 e. The van der Waals surface area contributed by atoms with Gasteiger partial charge in [-0.15, -0.1) is 0 Å². The van der Waals surface area contributed by atoms with Gasteiger partial charge in [-0.3, -0.25) is 9.69 Å². The molecule has 1 aromatic heterocycles. The van der Waals surface area contributed by atoms with E-state index in [9.17, 15) is 4.79 Å². The van der Waals surface area contributed by atoms with Crippen LogP contribution in [0.3, 0.4) is 0 Å². The van der Waals surface area contributed by atoms with E-state index in [1.807, 2.05) is 68.4 Å². The Labute approximate surface area is 154 Å². The zero-order valence-electron chi connectivity index (χ0n) is 15.1. The molecule has 26 heavy (non-hydrogen) atoms. The van der Waals surface area contributed by atoms with E-state index in [1.165, 1.54) is 5.56 Å². The first-order chi connectivity index (χ1) is 12.7. The molecule has 132 valence electrons. The molecule has 0 bridgehead atoms. The zero-order chi connectivity index (χ0) is 18.4. The van der Waals surface area contributed by atoms with Crippen molar-refractivity contribution in [2.75, 3.05) is 11.5 Å². The summed E-state index contributed by atoms with van der Waals surface area (Å²) < 4.78 is 5.53. The number of hydrogen-bond acceptors (Lipinski definition) is 3. The van der Waals surface area contributed by atoms with E-state index in [0.717, 1.165) is 5.56 Å². The zero-order valence-corrected chi connectivity index (χ0v) is 15.1. The molecule has 0 N–H and O–H groups in total. The summed E-state index contributed by atoms with van der Waals surface area (Å²) in [5.74, 6) is 1.21. The van der Waals surface area contributed by atoms with E-state index in [1.54, 1.807) is 23.2 Å². The van der Waals surface area contributed by atoms with Gasteiger partial charge in [-0.1, -0.05) is 42.0 Å². The standard InChI is InChI=1S/C22H22N2O2/c1-3-26-20-8-6-7-19(15-20)22(25)24(21-9-4-5-14-23-21)16-18-12-10-17(2)11-13-18/h4-15H,3,16H2,1-2H3. The molecule has 0 saturated carbocycles. The molecule has 0 aliphatic rings. The summed E-state index contributed by atoms with van der Waals surface area (Å²) in [6.07, 6.45) is 1.70.